The Bertz CT molecular complexity index is 739. The zero-order chi connectivity index (χ0) is 16.9. The van der Waals surface area contributed by atoms with Crippen LogP contribution < -0.4 is 10.6 Å². The molecule has 0 unspecified atom stereocenters. The first-order valence-corrected chi connectivity index (χ1v) is 9.92. The summed E-state index contributed by atoms with van der Waals surface area (Å²) in [6, 6.07) is 6.80. The van der Waals surface area contributed by atoms with Crippen molar-refractivity contribution in [2.75, 3.05) is 16.9 Å². The van der Waals surface area contributed by atoms with E-state index in [1.165, 1.54) is 11.3 Å². The summed E-state index contributed by atoms with van der Waals surface area (Å²) in [7, 11) is 0. The first-order valence-electron chi connectivity index (χ1n) is 7.88. The summed E-state index contributed by atoms with van der Waals surface area (Å²) in [6.07, 6.45) is 7.78. The number of urea groups is 1. The molecule has 0 radical (unpaired) electrons. The number of hydrogen-bond acceptors (Lipinski definition) is 5. The van der Waals surface area contributed by atoms with Gasteiger partial charge in [-0.2, -0.15) is 0 Å². The van der Waals surface area contributed by atoms with Crippen LogP contribution in [-0.4, -0.2) is 23.1 Å². The number of nitrogens with one attached hydrogen (secondary N) is 2. The van der Waals surface area contributed by atoms with Gasteiger partial charge in [0.1, 0.15) is 0 Å². The van der Waals surface area contributed by atoms with Gasteiger partial charge < -0.3 is 5.32 Å². The molecule has 0 spiro atoms. The molecule has 1 aliphatic rings. The minimum absolute atomic E-state index is 0.0825. The molecule has 1 heterocycles. The molecule has 2 N–H and O–H groups in total. The van der Waals surface area contributed by atoms with E-state index < -0.39 is 0 Å². The molecule has 1 aromatic carbocycles. The van der Waals surface area contributed by atoms with Gasteiger partial charge in [-0.15, -0.1) is 11.8 Å². The van der Waals surface area contributed by atoms with Gasteiger partial charge in [-0.05, 0) is 31.2 Å². The highest BCUT2D eigenvalue weighted by Crippen LogP contribution is 2.30. The molecule has 1 saturated carbocycles. The molecule has 1 fully saturated rings. The molecule has 0 bridgehead atoms. The summed E-state index contributed by atoms with van der Waals surface area (Å²) >= 11 is 3.00. The van der Waals surface area contributed by atoms with Crippen molar-refractivity contribution >= 4 is 45.7 Å². The number of para-hydroxylation sites is 1. The number of aromatic nitrogens is 1. The second-order valence-electron chi connectivity index (χ2n) is 5.66. The topological polar surface area (TPSA) is 71.1 Å². The fourth-order valence-corrected chi connectivity index (χ4v) is 4.15. The molecule has 3 rings (SSSR count). The number of Topliss-reactive ketones (excluding diaryl/α,β-unsaturated/α-hetero) is 1. The molecular weight excluding hydrogens is 342 g/mol. The lowest BCUT2D eigenvalue weighted by atomic mass is 9.95. The fraction of sp³-hybridized carbons (Fsp3) is 0.353. The molecule has 24 heavy (non-hydrogen) atoms. The number of rotatable bonds is 5. The number of amides is 2. The van der Waals surface area contributed by atoms with Gasteiger partial charge in [-0.25, -0.2) is 9.78 Å². The van der Waals surface area contributed by atoms with Crippen LogP contribution in [0.4, 0.5) is 15.6 Å². The maximum absolute atomic E-state index is 12.7. The maximum Gasteiger partial charge on any atom is 0.325 e. The average molecular weight is 361 g/mol. The van der Waals surface area contributed by atoms with Crippen molar-refractivity contribution in [1.82, 2.24) is 4.98 Å². The van der Waals surface area contributed by atoms with Crippen LogP contribution in [0.25, 0.3) is 0 Å². The third-order valence-electron chi connectivity index (χ3n) is 4.07. The van der Waals surface area contributed by atoms with Crippen LogP contribution in [0, 0.1) is 5.92 Å². The lowest BCUT2D eigenvalue weighted by Crippen LogP contribution is -2.22. The van der Waals surface area contributed by atoms with Crippen molar-refractivity contribution in [3.63, 3.8) is 0 Å². The van der Waals surface area contributed by atoms with Gasteiger partial charge in [0.2, 0.25) is 0 Å². The maximum atomic E-state index is 12.7. The molecule has 1 aliphatic carbocycles. The van der Waals surface area contributed by atoms with Gasteiger partial charge in [-0.3, -0.25) is 10.1 Å². The third-order valence-corrected chi connectivity index (χ3v) is 6.04. The second kappa shape index (κ2) is 7.81. The van der Waals surface area contributed by atoms with Crippen LogP contribution in [0.5, 0.6) is 0 Å². The number of nitrogens with zero attached hydrogens (tertiary/aromatic N) is 1. The normalized spacial score (nSPS) is 14.5. The number of benzene rings is 1. The number of carbonyl (C=O) groups excluding carboxylic acids is 2. The minimum atomic E-state index is -0.385. The SMILES string of the molecule is CSc1cnc(NC(=O)Nc2ccccc2C(=O)C2CCCC2)s1. The van der Waals surface area contributed by atoms with Crippen molar-refractivity contribution in [2.24, 2.45) is 5.92 Å². The van der Waals surface area contributed by atoms with Gasteiger partial charge in [-0.1, -0.05) is 36.3 Å². The molecule has 7 heteroatoms. The van der Waals surface area contributed by atoms with Crippen LogP contribution in [0.15, 0.2) is 34.7 Å². The zero-order valence-corrected chi connectivity index (χ0v) is 15.0. The molecule has 126 valence electrons. The average Bonchev–Trinajstić information content (AvgIpc) is 3.26. The fourth-order valence-electron chi connectivity index (χ4n) is 2.88. The number of ketones is 1. The Kier molecular flexibility index (Phi) is 5.52. The molecule has 2 amide bonds. The predicted octanol–water partition coefficient (Wildman–Crippen LogP) is 4.88. The molecule has 0 aliphatic heterocycles. The van der Waals surface area contributed by atoms with Gasteiger partial charge in [0.05, 0.1) is 16.1 Å². The van der Waals surface area contributed by atoms with Gasteiger partial charge in [0, 0.05) is 11.5 Å². The van der Waals surface area contributed by atoms with Gasteiger partial charge >= 0.3 is 6.03 Å². The Labute approximate surface area is 149 Å². The van der Waals surface area contributed by atoms with Crippen molar-refractivity contribution in [2.45, 2.75) is 29.9 Å². The van der Waals surface area contributed by atoms with E-state index in [4.69, 9.17) is 0 Å². The summed E-state index contributed by atoms with van der Waals surface area (Å²) in [5, 5.41) is 6.03. The quantitative estimate of drug-likeness (QED) is 0.588. The molecular formula is C17H19N3O2S2. The molecule has 1 aromatic heterocycles. The van der Waals surface area contributed by atoms with Gasteiger partial charge in [0.15, 0.2) is 10.9 Å². The van der Waals surface area contributed by atoms with Crippen LogP contribution >= 0.6 is 23.1 Å². The van der Waals surface area contributed by atoms with E-state index in [2.05, 4.69) is 15.6 Å². The summed E-state index contributed by atoms with van der Waals surface area (Å²) in [5.41, 5.74) is 1.14. The van der Waals surface area contributed by atoms with Crippen LogP contribution in [-0.2, 0) is 0 Å². The summed E-state index contributed by atoms with van der Waals surface area (Å²) in [5.74, 6) is 0.210. The van der Waals surface area contributed by atoms with E-state index >= 15 is 0 Å². The monoisotopic (exact) mass is 361 g/mol. The van der Waals surface area contributed by atoms with Gasteiger partial charge in [0.25, 0.3) is 0 Å². The van der Waals surface area contributed by atoms with E-state index in [1.807, 2.05) is 18.4 Å². The number of anilines is 2. The summed E-state index contributed by atoms with van der Waals surface area (Å²) < 4.78 is 1.03. The highest BCUT2D eigenvalue weighted by molar-refractivity contribution is 8.00. The Morgan fingerprint density at radius 3 is 2.67 bits per heavy atom. The van der Waals surface area contributed by atoms with Crippen molar-refractivity contribution in [1.29, 1.82) is 0 Å². The Morgan fingerprint density at radius 1 is 1.21 bits per heavy atom. The highest BCUT2D eigenvalue weighted by atomic mass is 32.2. The molecule has 2 aromatic rings. The predicted molar refractivity (Wildman–Crippen MR) is 99.3 cm³/mol. The summed E-state index contributed by atoms with van der Waals surface area (Å²) in [4.78, 5) is 29.0. The second-order valence-corrected chi connectivity index (χ2v) is 7.80. The summed E-state index contributed by atoms with van der Waals surface area (Å²) in [6.45, 7) is 0. The largest absolute Gasteiger partial charge is 0.325 e. The molecule has 0 saturated heterocycles. The lowest BCUT2D eigenvalue weighted by Gasteiger charge is -2.13. The third kappa shape index (κ3) is 3.96. The standard InChI is InChI=1S/C17H19N3O2S2/c1-23-14-10-18-17(24-14)20-16(22)19-13-9-5-4-8-12(13)15(21)11-6-2-3-7-11/h4-5,8-11H,2-3,6-7H2,1H3,(H2,18,19,20,22). The minimum Gasteiger partial charge on any atom is -0.307 e. The lowest BCUT2D eigenvalue weighted by molar-refractivity contribution is 0.0924. The first-order chi connectivity index (χ1) is 11.7. The number of thiazole rings is 1. The number of carbonyl (C=O) groups is 2. The van der Waals surface area contributed by atoms with E-state index in [0.717, 1.165) is 29.9 Å². The number of thioether (sulfide) groups is 1. The Morgan fingerprint density at radius 2 is 1.96 bits per heavy atom. The molecule has 5 nitrogen and oxygen atoms in total. The highest BCUT2D eigenvalue weighted by Gasteiger charge is 2.25. The number of hydrogen-bond donors (Lipinski definition) is 2. The smallest absolute Gasteiger partial charge is 0.307 e. The van der Waals surface area contributed by atoms with Crippen LogP contribution in [0.2, 0.25) is 0 Å². The zero-order valence-electron chi connectivity index (χ0n) is 13.4. The van der Waals surface area contributed by atoms with Crippen molar-refractivity contribution in [3.8, 4) is 0 Å². The first kappa shape index (κ1) is 17.0. The van der Waals surface area contributed by atoms with Crippen molar-refractivity contribution in [3.05, 3.63) is 36.0 Å². The Balaban J connectivity index is 1.70. The Hall–Kier alpha value is -1.86. The molecule has 0 atom stereocenters. The van der Waals surface area contributed by atoms with E-state index in [-0.39, 0.29) is 17.7 Å². The van der Waals surface area contributed by atoms with E-state index in [0.29, 0.717) is 16.4 Å². The van der Waals surface area contributed by atoms with E-state index in [1.54, 1.807) is 30.1 Å². The van der Waals surface area contributed by atoms with Crippen molar-refractivity contribution < 1.29 is 9.59 Å². The van der Waals surface area contributed by atoms with E-state index in [9.17, 15) is 9.59 Å². The van der Waals surface area contributed by atoms with Crippen LogP contribution in [0.1, 0.15) is 36.0 Å². The van der Waals surface area contributed by atoms with Crippen LogP contribution in [0.3, 0.4) is 0 Å².